The van der Waals surface area contributed by atoms with Gasteiger partial charge in [-0.1, -0.05) is 27.2 Å². The average Bonchev–Trinajstić information content (AvgIpc) is 3.01. The zero-order chi connectivity index (χ0) is 13.4. The van der Waals surface area contributed by atoms with E-state index in [0.29, 0.717) is 5.41 Å². The minimum Gasteiger partial charge on any atom is -0.329 e. The molecule has 3 unspecified atom stereocenters. The molecule has 2 heteroatoms. The van der Waals surface area contributed by atoms with Gasteiger partial charge in [0.25, 0.3) is 0 Å². The van der Waals surface area contributed by atoms with Crippen molar-refractivity contribution in [2.75, 3.05) is 20.1 Å². The summed E-state index contributed by atoms with van der Waals surface area (Å²) < 4.78 is 0. The molecule has 0 saturated heterocycles. The van der Waals surface area contributed by atoms with Crippen LogP contribution in [0.4, 0.5) is 0 Å². The molecule has 0 spiro atoms. The Morgan fingerprint density at radius 1 is 1.17 bits per heavy atom. The number of likely N-dealkylation sites (N-methyl/N-ethyl adjacent to an activating group) is 1. The minimum absolute atomic E-state index is 0.288. The highest BCUT2D eigenvalue weighted by Crippen LogP contribution is 2.43. The van der Waals surface area contributed by atoms with Crippen LogP contribution < -0.4 is 5.73 Å². The molecule has 2 aliphatic carbocycles. The van der Waals surface area contributed by atoms with Crippen molar-refractivity contribution in [1.82, 2.24) is 4.90 Å². The number of hydrogen-bond donors (Lipinski definition) is 1. The molecule has 2 saturated carbocycles. The number of nitrogens with zero attached hydrogens (tertiary/aromatic N) is 1. The number of rotatable bonds is 4. The molecule has 2 N–H and O–H groups in total. The van der Waals surface area contributed by atoms with Crippen LogP contribution >= 0.6 is 0 Å². The van der Waals surface area contributed by atoms with E-state index >= 15 is 0 Å². The second kappa shape index (κ2) is 5.13. The van der Waals surface area contributed by atoms with Crippen molar-refractivity contribution in [3.63, 3.8) is 0 Å². The van der Waals surface area contributed by atoms with E-state index in [1.807, 2.05) is 0 Å². The summed E-state index contributed by atoms with van der Waals surface area (Å²) in [6, 6.07) is 0. The van der Waals surface area contributed by atoms with E-state index in [4.69, 9.17) is 5.73 Å². The lowest BCUT2D eigenvalue weighted by Gasteiger charge is -2.41. The largest absolute Gasteiger partial charge is 0.329 e. The second-order valence-corrected chi connectivity index (χ2v) is 7.80. The fourth-order valence-corrected chi connectivity index (χ4v) is 3.66. The lowest BCUT2D eigenvalue weighted by molar-refractivity contribution is 0.0971. The van der Waals surface area contributed by atoms with Crippen molar-refractivity contribution in [3.8, 4) is 0 Å². The molecule has 106 valence electrons. The van der Waals surface area contributed by atoms with Gasteiger partial charge < -0.3 is 5.73 Å². The molecule has 2 fully saturated rings. The van der Waals surface area contributed by atoms with E-state index < -0.39 is 0 Å². The first kappa shape index (κ1) is 14.3. The summed E-state index contributed by atoms with van der Waals surface area (Å²) in [4.78, 5) is 2.61. The van der Waals surface area contributed by atoms with Crippen LogP contribution in [0.2, 0.25) is 0 Å². The van der Waals surface area contributed by atoms with E-state index in [0.717, 1.165) is 18.4 Å². The Kier molecular flexibility index (Phi) is 4.08. The molecule has 2 aliphatic rings. The summed E-state index contributed by atoms with van der Waals surface area (Å²) in [6.45, 7) is 9.31. The quantitative estimate of drug-likeness (QED) is 0.778. The van der Waals surface area contributed by atoms with Gasteiger partial charge >= 0.3 is 0 Å². The van der Waals surface area contributed by atoms with Gasteiger partial charge in [-0.3, -0.25) is 4.90 Å². The maximum absolute atomic E-state index is 6.19. The molecule has 0 aromatic rings. The molecule has 0 heterocycles. The maximum Gasteiger partial charge on any atom is 0.0329 e. The first-order chi connectivity index (χ1) is 8.38. The Bertz CT molecular complexity index is 287. The first-order valence-corrected chi connectivity index (χ1v) is 7.80. The van der Waals surface area contributed by atoms with Gasteiger partial charge in [-0.15, -0.1) is 0 Å². The molecule has 0 aromatic carbocycles. The lowest BCUT2D eigenvalue weighted by atomic mass is 9.83. The van der Waals surface area contributed by atoms with Crippen LogP contribution in [0.3, 0.4) is 0 Å². The Labute approximate surface area is 113 Å². The highest BCUT2D eigenvalue weighted by Gasteiger charge is 2.41. The Hall–Kier alpha value is -0.0800. The molecule has 2 nitrogen and oxygen atoms in total. The average molecular weight is 252 g/mol. The number of nitrogens with two attached hydrogens (primary N) is 1. The van der Waals surface area contributed by atoms with Crippen LogP contribution in [0.5, 0.6) is 0 Å². The standard InChI is InChI=1S/C16H32N2/c1-13-10-14(13)11-18(4)16(12-17)7-5-6-15(2,3)8-9-16/h13-14H,5-12,17H2,1-4H3. The predicted molar refractivity (Wildman–Crippen MR) is 78.6 cm³/mol. The summed E-state index contributed by atoms with van der Waals surface area (Å²) in [5.41, 5.74) is 6.99. The summed E-state index contributed by atoms with van der Waals surface area (Å²) in [5.74, 6) is 1.89. The molecule has 2 rings (SSSR count). The first-order valence-electron chi connectivity index (χ1n) is 7.80. The maximum atomic E-state index is 6.19. The van der Waals surface area contributed by atoms with Gasteiger partial charge in [-0.2, -0.15) is 0 Å². The van der Waals surface area contributed by atoms with Gasteiger partial charge in [0.05, 0.1) is 0 Å². The molecule has 0 radical (unpaired) electrons. The normalized spacial score (nSPS) is 39.7. The third-order valence-corrected chi connectivity index (χ3v) is 5.74. The van der Waals surface area contributed by atoms with Crippen molar-refractivity contribution in [3.05, 3.63) is 0 Å². The van der Waals surface area contributed by atoms with Crippen molar-refractivity contribution in [2.45, 2.75) is 64.8 Å². The monoisotopic (exact) mass is 252 g/mol. The van der Waals surface area contributed by atoms with Gasteiger partial charge in [-0.05, 0) is 56.4 Å². The van der Waals surface area contributed by atoms with Gasteiger partial charge in [0, 0.05) is 18.6 Å². The summed E-state index contributed by atoms with van der Waals surface area (Å²) >= 11 is 0. The lowest BCUT2D eigenvalue weighted by Crippen LogP contribution is -2.52. The van der Waals surface area contributed by atoms with Crippen LogP contribution in [-0.4, -0.2) is 30.6 Å². The van der Waals surface area contributed by atoms with Crippen LogP contribution in [0, 0.1) is 17.3 Å². The van der Waals surface area contributed by atoms with Crippen LogP contribution in [0.25, 0.3) is 0 Å². The summed E-state index contributed by atoms with van der Waals surface area (Å²) in [7, 11) is 2.32. The zero-order valence-electron chi connectivity index (χ0n) is 12.8. The van der Waals surface area contributed by atoms with E-state index in [2.05, 4.69) is 32.7 Å². The molecule has 18 heavy (non-hydrogen) atoms. The Balaban J connectivity index is 2.00. The van der Waals surface area contributed by atoms with Gasteiger partial charge in [0.2, 0.25) is 0 Å². The highest BCUT2D eigenvalue weighted by molar-refractivity contribution is 4.97. The highest BCUT2D eigenvalue weighted by atomic mass is 15.2. The molecule has 0 aromatic heterocycles. The molecule has 0 amide bonds. The fourth-order valence-electron chi connectivity index (χ4n) is 3.66. The van der Waals surface area contributed by atoms with Crippen molar-refractivity contribution in [1.29, 1.82) is 0 Å². The smallest absolute Gasteiger partial charge is 0.0329 e. The summed E-state index contributed by atoms with van der Waals surface area (Å²) in [6.07, 6.45) is 8.04. The topological polar surface area (TPSA) is 29.3 Å². The SMILES string of the molecule is CC1CC1CN(C)C1(CN)CCCC(C)(C)CC1. The molecule has 3 atom stereocenters. The fraction of sp³-hybridized carbons (Fsp3) is 1.00. The molecular formula is C16H32N2. The Morgan fingerprint density at radius 3 is 2.39 bits per heavy atom. The van der Waals surface area contributed by atoms with Crippen molar-refractivity contribution < 1.29 is 0 Å². The van der Waals surface area contributed by atoms with Gasteiger partial charge in [0.15, 0.2) is 0 Å². The van der Waals surface area contributed by atoms with Gasteiger partial charge in [0.1, 0.15) is 0 Å². The van der Waals surface area contributed by atoms with Crippen LogP contribution in [0.15, 0.2) is 0 Å². The van der Waals surface area contributed by atoms with E-state index in [-0.39, 0.29) is 5.54 Å². The van der Waals surface area contributed by atoms with Crippen LogP contribution in [-0.2, 0) is 0 Å². The van der Waals surface area contributed by atoms with E-state index in [1.54, 1.807) is 0 Å². The van der Waals surface area contributed by atoms with Crippen LogP contribution in [0.1, 0.15) is 59.3 Å². The predicted octanol–water partition coefficient (Wildman–Crippen LogP) is 3.26. The number of hydrogen-bond acceptors (Lipinski definition) is 2. The zero-order valence-corrected chi connectivity index (χ0v) is 12.8. The second-order valence-electron chi connectivity index (χ2n) is 7.80. The van der Waals surface area contributed by atoms with Crippen molar-refractivity contribution in [2.24, 2.45) is 23.0 Å². The molecule has 0 bridgehead atoms. The van der Waals surface area contributed by atoms with E-state index in [9.17, 15) is 0 Å². The third-order valence-electron chi connectivity index (χ3n) is 5.74. The van der Waals surface area contributed by atoms with E-state index in [1.165, 1.54) is 45.1 Å². The van der Waals surface area contributed by atoms with Crippen molar-refractivity contribution >= 4 is 0 Å². The molecule has 0 aliphatic heterocycles. The summed E-state index contributed by atoms with van der Waals surface area (Å²) in [5, 5.41) is 0. The molecular weight excluding hydrogens is 220 g/mol. The minimum atomic E-state index is 0.288. The Morgan fingerprint density at radius 2 is 1.83 bits per heavy atom. The third kappa shape index (κ3) is 3.08. The van der Waals surface area contributed by atoms with Gasteiger partial charge in [-0.25, -0.2) is 0 Å².